The second-order valence-electron chi connectivity index (χ2n) is 4.08. The number of thioether (sulfide) groups is 1. The van der Waals surface area contributed by atoms with Crippen molar-refractivity contribution in [2.45, 2.75) is 6.42 Å². The number of nitrogens with one attached hydrogen (secondary N) is 1. The highest BCUT2D eigenvalue weighted by molar-refractivity contribution is 8.26. The molecule has 0 saturated carbocycles. The van der Waals surface area contributed by atoms with E-state index in [0.29, 0.717) is 27.0 Å². The van der Waals surface area contributed by atoms with Crippen LogP contribution >= 0.6 is 24.0 Å². The Hall–Kier alpha value is -1.79. The SMILES string of the molecule is C=CCc1cc(/C=C2/SC(=S)NC2=O)cc(OC)c1O. The number of benzene rings is 1. The molecule has 0 atom stereocenters. The first-order valence-corrected chi connectivity index (χ1v) is 7.03. The third kappa shape index (κ3) is 3.02. The van der Waals surface area contributed by atoms with Crippen LogP contribution in [-0.4, -0.2) is 22.4 Å². The van der Waals surface area contributed by atoms with Crippen LogP contribution in [0.2, 0.25) is 0 Å². The molecule has 1 amide bonds. The minimum atomic E-state index is -0.211. The van der Waals surface area contributed by atoms with Gasteiger partial charge in [-0.15, -0.1) is 6.58 Å². The number of amides is 1. The normalized spacial score (nSPS) is 16.4. The number of aromatic hydroxyl groups is 1. The zero-order valence-electron chi connectivity index (χ0n) is 10.8. The second-order valence-corrected chi connectivity index (χ2v) is 5.79. The van der Waals surface area contributed by atoms with Crippen LogP contribution in [0.15, 0.2) is 29.7 Å². The molecule has 0 bridgehead atoms. The van der Waals surface area contributed by atoms with Gasteiger partial charge >= 0.3 is 0 Å². The maximum Gasteiger partial charge on any atom is 0.263 e. The van der Waals surface area contributed by atoms with Gasteiger partial charge in [0.05, 0.1) is 12.0 Å². The van der Waals surface area contributed by atoms with E-state index in [0.717, 1.165) is 5.56 Å². The topological polar surface area (TPSA) is 58.6 Å². The number of hydrogen-bond acceptors (Lipinski definition) is 5. The molecule has 0 unspecified atom stereocenters. The molecular weight excluding hydrogens is 294 g/mol. The van der Waals surface area contributed by atoms with Crippen molar-refractivity contribution in [3.05, 3.63) is 40.8 Å². The fourth-order valence-corrected chi connectivity index (χ4v) is 2.86. The first-order valence-electron chi connectivity index (χ1n) is 5.80. The van der Waals surface area contributed by atoms with Gasteiger partial charge in [-0.25, -0.2) is 0 Å². The van der Waals surface area contributed by atoms with Crippen LogP contribution in [0.1, 0.15) is 11.1 Å². The average molecular weight is 307 g/mol. The molecule has 1 aliphatic heterocycles. The van der Waals surface area contributed by atoms with Crippen molar-refractivity contribution in [2.75, 3.05) is 7.11 Å². The number of phenols is 1. The Kier molecular flexibility index (Phi) is 4.46. The number of allylic oxidation sites excluding steroid dienone is 1. The Morgan fingerprint density at radius 2 is 2.30 bits per heavy atom. The van der Waals surface area contributed by atoms with Crippen molar-refractivity contribution in [2.24, 2.45) is 0 Å². The summed E-state index contributed by atoms with van der Waals surface area (Å²) in [5.74, 6) is 0.244. The van der Waals surface area contributed by atoms with Gasteiger partial charge in [0, 0.05) is 5.56 Å². The largest absolute Gasteiger partial charge is 0.504 e. The maximum absolute atomic E-state index is 11.6. The van der Waals surface area contributed by atoms with E-state index >= 15 is 0 Å². The maximum atomic E-state index is 11.6. The summed E-state index contributed by atoms with van der Waals surface area (Å²) in [6.45, 7) is 3.65. The molecular formula is C14H13NO3S2. The molecule has 6 heteroatoms. The molecule has 20 heavy (non-hydrogen) atoms. The Morgan fingerprint density at radius 3 is 2.85 bits per heavy atom. The third-order valence-corrected chi connectivity index (χ3v) is 3.86. The van der Waals surface area contributed by atoms with Crippen LogP contribution in [-0.2, 0) is 11.2 Å². The van der Waals surface area contributed by atoms with Gasteiger partial charge in [0.15, 0.2) is 11.5 Å². The fraction of sp³-hybridized carbons (Fsp3) is 0.143. The summed E-state index contributed by atoms with van der Waals surface area (Å²) in [7, 11) is 1.48. The fourth-order valence-electron chi connectivity index (χ4n) is 1.81. The van der Waals surface area contributed by atoms with Crippen LogP contribution in [0.4, 0.5) is 0 Å². The van der Waals surface area contributed by atoms with Crippen molar-refractivity contribution in [3.63, 3.8) is 0 Å². The Bertz CT molecular complexity index is 623. The lowest BCUT2D eigenvalue weighted by Crippen LogP contribution is -2.17. The summed E-state index contributed by atoms with van der Waals surface area (Å²) < 4.78 is 5.58. The lowest BCUT2D eigenvalue weighted by molar-refractivity contribution is -0.115. The van der Waals surface area contributed by atoms with E-state index in [1.165, 1.54) is 18.9 Å². The summed E-state index contributed by atoms with van der Waals surface area (Å²) in [6, 6.07) is 3.46. The molecule has 0 radical (unpaired) electrons. The number of rotatable bonds is 4. The Morgan fingerprint density at radius 1 is 1.55 bits per heavy atom. The highest BCUT2D eigenvalue weighted by atomic mass is 32.2. The van der Waals surface area contributed by atoms with Gasteiger partial charge in [0.2, 0.25) is 0 Å². The van der Waals surface area contributed by atoms with E-state index in [1.807, 2.05) is 0 Å². The average Bonchev–Trinajstić information content (AvgIpc) is 2.71. The predicted molar refractivity (Wildman–Crippen MR) is 84.9 cm³/mol. The molecule has 1 aromatic rings. The van der Waals surface area contributed by atoms with E-state index in [9.17, 15) is 9.90 Å². The van der Waals surface area contributed by atoms with Gasteiger partial charge in [0.1, 0.15) is 4.32 Å². The molecule has 2 N–H and O–H groups in total. The molecule has 2 rings (SSSR count). The van der Waals surface area contributed by atoms with Gasteiger partial charge in [-0.3, -0.25) is 4.79 Å². The van der Waals surface area contributed by atoms with Crippen molar-refractivity contribution < 1.29 is 14.6 Å². The minimum Gasteiger partial charge on any atom is -0.504 e. The Labute approximate surface area is 126 Å². The van der Waals surface area contributed by atoms with E-state index in [4.69, 9.17) is 17.0 Å². The number of carbonyl (C=O) groups excluding carboxylic acids is 1. The standard InChI is InChI=1S/C14H13NO3S2/c1-3-4-9-5-8(6-10(18-2)12(9)16)7-11-13(17)15-14(19)20-11/h3,5-7,16H,1,4H2,2H3,(H,15,17,19)/b11-7+. The highest BCUT2D eigenvalue weighted by Gasteiger charge is 2.22. The van der Waals surface area contributed by atoms with Gasteiger partial charge in [-0.05, 0) is 30.2 Å². The second kappa shape index (κ2) is 6.11. The van der Waals surface area contributed by atoms with Crippen LogP contribution in [0.25, 0.3) is 6.08 Å². The molecule has 0 aliphatic carbocycles. The van der Waals surface area contributed by atoms with Crippen molar-refractivity contribution in [3.8, 4) is 11.5 Å². The molecule has 1 aliphatic rings. The molecule has 0 spiro atoms. The predicted octanol–water partition coefficient (Wildman–Crippen LogP) is 2.62. The molecule has 1 heterocycles. The van der Waals surface area contributed by atoms with Crippen LogP contribution < -0.4 is 10.1 Å². The summed E-state index contributed by atoms with van der Waals surface area (Å²) in [5, 5.41) is 12.6. The number of methoxy groups -OCH3 is 1. The lowest BCUT2D eigenvalue weighted by Gasteiger charge is -2.09. The summed E-state index contributed by atoms with van der Waals surface area (Å²) in [5.41, 5.74) is 1.45. The van der Waals surface area contributed by atoms with Crippen molar-refractivity contribution in [1.82, 2.24) is 5.32 Å². The number of ether oxygens (including phenoxy) is 1. The molecule has 1 aromatic carbocycles. The van der Waals surface area contributed by atoms with Crippen LogP contribution in [0.3, 0.4) is 0 Å². The van der Waals surface area contributed by atoms with E-state index in [2.05, 4.69) is 11.9 Å². The zero-order valence-corrected chi connectivity index (χ0v) is 12.4. The van der Waals surface area contributed by atoms with Gasteiger partial charge in [0.25, 0.3) is 5.91 Å². The molecule has 1 fully saturated rings. The number of hydrogen-bond donors (Lipinski definition) is 2. The van der Waals surface area contributed by atoms with Gasteiger partial charge in [-0.1, -0.05) is 30.1 Å². The summed E-state index contributed by atoms with van der Waals surface area (Å²) in [4.78, 5) is 12.2. The number of thiocarbonyl (C=S) groups is 1. The van der Waals surface area contributed by atoms with Gasteiger partial charge in [-0.2, -0.15) is 0 Å². The summed E-state index contributed by atoms with van der Waals surface area (Å²) >= 11 is 6.15. The third-order valence-electron chi connectivity index (χ3n) is 2.70. The van der Waals surface area contributed by atoms with Crippen LogP contribution in [0.5, 0.6) is 11.5 Å². The minimum absolute atomic E-state index is 0.0913. The molecule has 104 valence electrons. The zero-order chi connectivity index (χ0) is 14.7. The van der Waals surface area contributed by atoms with Gasteiger partial charge < -0.3 is 15.2 Å². The van der Waals surface area contributed by atoms with E-state index in [-0.39, 0.29) is 11.7 Å². The highest BCUT2D eigenvalue weighted by Crippen LogP contribution is 2.34. The molecule has 0 aromatic heterocycles. The summed E-state index contributed by atoms with van der Waals surface area (Å²) in [6.07, 6.45) is 3.92. The first-order chi connectivity index (χ1) is 9.55. The molecule has 4 nitrogen and oxygen atoms in total. The molecule has 1 saturated heterocycles. The quantitative estimate of drug-likeness (QED) is 0.509. The number of phenolic OH excluding ortho intramolecular Hbond substituents is 1. The Balaban J connectivity index is 2.44. The monoisotopic (exact) mass is 307 g/mol. The smallest absolute Gasteiger partial charge is 0.263 e. The van der Waals surface area contributed by atoms with Crippen molar-refractivity contribution in [1.29, 1.82) is 0 Å². The lowest BCUT2D eigenvalue weighted by atomic mass is 10.1. The van der Waals surface area contributed by atoms with E-state index in [1.54, 1.807) is 24.3 Å². The van der Waals surface area contributed by atoms with Crippen LogP contribution in [0, 0.1) is 0 Å². The number of carbonyl (C=O) groups is 1. The van der Waals surface area contributed by atoms with E-state index < -0.39 is 0 Å². The first kappa shape index (κ1) is 14.6. The van der Waals surface area contributed by atoms with Crippen molar-refractivity contribution >= 4 is 40.3 Å².